The van der Waals surface area contributed by atoms with Gasteiger partial charge in [0.1, 0.15) is 12.4 Å². The lowest BCUT2D eigenvalue weighted by atomic mass is 10.1. The maximum absolute atomic E-state index is 13.5. The summed E-state index contributed by atoms with van der Waals surface area (Å²) in [6.45, 7) is 1.49. The second kappa shape index (κ2) is 10.8. The summed E-state index contributed by atoms with van der Waals surface area (Å²) in [5, 5.41) is 0. The van der Waals surface area contributed by atoms with Crippen LogP contribution in [0.25, 0.3) is 0 Å². The van der Waals surface area contributed by atoms with Crippen molar-refractivity contribution in [2.75, 3.05) is 0 Å². The molecule has 0 N–H and O–H groups in total. The molecule has 0 fully saturated rings. The number of rotatable bonds is 8. The Bertz CT molecular complexity index is 1120. The smallest absolute Gasteiger partial charge is 0.254 e. The summed E-state index contributed by atoms with van der Waals surface area (Å²) in [7, 11) is 0. The fourth-order valence-electron chi connectivity index (χ4n) is 3.51. The molecule has 0 saturated heterocycles. The molecule has 0 saturated carbocycles. The van der Waals surface area contributed by atoms with Crippen LogP contribution < -0.4 is 4.74 Å². The minimum absolute atomic E-state index is 0.000415. The van der Waals surface area contributed by atoms with E-state index >= 15 is 0 Å². The topological polar surface area (TPSA) is 29.5 Å². The van der Waals surface area contributed by atoms with Crippen molar-refractivity contribution < 1.29 is 9.53 Å². The van der Waals surface area contributed by atoms with Gasteiger partial charge in [-0.3, -0.25) is 4.79 Å². The van der Waals surface area contributed by atoms with Crippen molar-refractivity contribution in [1.29, 1.82) is 0 Å². The Labute approximate surface area is 197 Å². The molecule has 0 bridgehead atoms. The zero-order chi connectivity index (χ0) is 22.2. The van der Waals surface area contributed by atoms with E-state index in [1.165, 1.54) is 0 Å². The summed E-state index contributed by atoms with van der Waals surface area (Å²) >= 11 is 3.50. The fraction of sp³-hybridized carbons (Fsp3) is 0.107. The van der Waals surface area contributed by atoms with Gasteiger partial charge in [-0.05, 0) is 56.9 Å². The highest BCUT2D eigenvalue weighted by molar-refractivity contribution is 9.10. The van der Waals surface area contributed by atoms with Crippen molar-refractivity contribution in [3.05, 3.63) is 136 Å². The van der Waals surface area contributed by atoms with Crippen LogP contribution in [0.4, 0.5) is 0 Å². The highest BCUT2D eigenvalue weighted by Gasteiger charge is 2.17. The van der Waals surface area contributed by atoms with E-state index in [0.717, 1.165) is 26.9 Å². The van der Waals surface area contributed by atoms with Gasteiger partial charge in [0.05, 0.1) is 4.47 Å². The molecule has 32 heavy (non-hydrogen) atoms. The van der Waals surface area contributed by atoms with E-state index in [9.17, 15) is 4.79 Å². The van der Waals surface area contributed by atoms with Crippen molar-refractivity contribution >= 4 is 21.8 Å². The Morgan fingerprint density at radius 3 is 1.88 bits per heavy atom. The minimum atomic E-state index is 0.000415. The zero-order valence-corrected chi connectivity index (χ0v) is 19.2. The van der Waals surface area contributed by atoms with Crippen LogP contribution in [-0.4, -0.2) is 10.8 Å². The lowest BCUT2D eigenvalue weighted by molar-refractivity contribution is 0.0730. The second-order valence-electron chi connectivity index (χ2n) is 7.55. The molecule has 4 aromatic rings. The first-order valence-electron chi connectivity index (χ1n) is 10.5. The SMILES string of the molecule is O=C(c1cccc(COc2ccccc2Br)c1)N(Cc1ccccc1)Cc1ccccc1. The number of benzene rings is 4. The average molecular weight is 486 g/mol. The van der Waals surface area contributed by atoms with Gasteiger partial charge in [-0.25, -0.2) is 0 Å². The number of hydrogen-bond acceptors (Lipinski definition) is 2. The Morgan fingerprint density at radius 1 is 0.688 bits per heavy atom. The zero-order valence-electron chi connectivity index (χ0n) is 17.7. The summed E-state index contributed by atoms with van der Waals surface area (Å²) in [5.74, 6) is 0.777. The fourth-order valence-corrected chi connectivity index (χ4v) is 3.91. The third-order valence-corrected chi connectivity index (χ3v) is 5.78. The molecule has 3 nitrogen and oxygen atoms in total. The third-order valence-electron chi connectivity index (χ3n) is 5.12. The molecule has 0 spiro atoms. The number of hydrogen-bond donors (Lipinski definition) is 0. The van der Waals surface area contributed by atoms with Crippen LogP contribution in [0.5, 0.6) is 5.75 Å². The molecule has 0 aliphatic carbocycles. The summed E-state index contributed by atoms with van der Waals surface area (Å²) in [4.78, 5) is 15.4. The first-order chi connectivity index (χ1) is 15.7. The minimum Gasteiger partial charge on any atom is -0.488 e. The molecule has 4 rings (SSSR count). The van der Waals surface area contributed by atoms with Gasteiger partial charge < -0.3 is 9.64 Å². The molecule has 4 aromatic carbocycles. The Kier molecular flexibility index (Phi) is 7.36. The van der Waals surface area contributed by atoms with Crippen molar-refractivity contribution in [1.82, 2.24) is 4.90 Å². The largest absolute Gasteiger partial charge is 0.488 e. The van der Waals surface area contributed by atoms with Crippen LogP contribution in [0, 0.1) is 0 Å². The van der Waals surface area contributed by atoms with Crippen molar-refractivity contribution in [2.45, 2.75) is 19.7 Å². The number of para-hydroxylation sites is 1. The van der Waals surface area contributed by atoms with Crippen LogP contribution >= 0.6 is 15.9 Å². The predicted octanol–water partition coefficient (Wildman–Crippen LogP) is 6.87. The molecular weight excluding hydrogens is 462 g/mol. The summed E-state index contributed by atoms with van der Waals surface area (Å²) in [6, 6.07) is 35.6. The Hall–Kier alpha value is -3.37. The average Bonchev–Trinajstić information content (AvgIpc) is 2.84. The maximum Gasteiger partial charge on any atom is 0.254 e. The first-order valence-corrected chi connectivity index (χ1v) is 11.3. The second-order valence-corrected chi connectivity index (χ2v) is 8.41. The van der Waals surface area contributed by atoms with E-state index in [-0.39, 0.29) is 5.91 Å². The Balaban J connectivity index is 1.53. The molecule has 160 valence electrons. The molecular formula is C28H24BrNO2. The number of carbonyl (C=O) groups excluding carboxylic acids is 1. The van der Waals surface area contributed by atoms with Gasteiger partial charge in [0, 0.05) is 18.7 Å². The van der Waals surface area contributed by atoms with Gasteiger partial charge in [0.15, 0.2) is 0 Å². The van der Waals surface area contributed by atoms with Crippen molar-refractivity contribution in [3.8, 4) is 5.75 Å². The number of amides is 1. The number of halogens is 1. The highest BCUT2D eigenvalue weighted by Crippen LogP contribution is 2.25. The highest BCUT2D eigenvalue weighted by atomic mass is 79.9. The van der Waals surface area contributed by atoms with Crippen molar-refractivity contribution in [3.63, 3.8) is 0 Å². The summed E-state index contributed by atoms with van der Waals surface area (Å²) < 4.78 is 6.84. The lowest BCUT2D eigenvalue weighted by Crippen LogP contribution is -2.30. The predicted molar refractivity (Wildman–Crippen MR) is 131 cm³/mol. The standard InChI is InChI=1S/C28H24BrNO2/c29-26-16-7-8-17-27(26)32-21-24-14-9-15-25(18-24)28(31)30(19-22-10-3-1-4-11-22)20-23-12-5-2-6-13-23/h1-18H,19-21H2. The Morgan fingerprint density at radius 2 is 1.25 bits per heavy atom. The van der Waals surface area contributed by atoms with Crippen LogP contribution in [0.2, 0.25) is 0 Å². The molecule has 1 amide bonds. The first kappa shape index (κ1) is 21.8. The van der Waals surface area contributed by atoms with Crippen LogP contribution in [0.3, 0.4) is 0 Å². The van der Waals surface area contributed by atoms with Crippen LogP contribution in [-0.2, 0) is 19.7 Å². The molecule has 0 aliphatic rings. The third kappa shape index (κ3) is 5.86. The monoisotopic (exact) mass is 485 g/mol. The van der Waals surface area contributed by atoms with E-state index in [0.29, 0.717) is 25.3 Å². The maximum atomic E-state index is 13.5. The van der Waals surface area contributed by atoms with Gasteiger partial charge in [-0.15, -0.1) is 0 Å². The molecule has 0 aromatic heterocycles. The molecule has 4 heteroatoms. The van der Waals surface area contributed by atoms with Gasteiger partial charge in [-0.2, -0.15) is 0 Å². The molecule has 0 atom stereocenters. The summed E-state index contributed by atoms with van der Waals surface area (Å²) in [6.07, 6.45) is 0. The number of ether oxygens (including phenoxy) is 1. The number of nitrogens with zero attached hydrogens (tertiary/aromatic N) is 1. The quantitative estimate of drug-likeness (QED) is 0.272. The van der Waals surface area contributed by atoms with E-state index < -0.39 is 0 Å². The van der Waals surface area contributed by atoms with E-state index in [1.54, 1.807) is 0 Å². The lowest BCUT2D eigenvalue weighted by Gasteiger charge is -2.23. The van der Waals surface area contributed by atoms with E-state index in [1.807, 2.05) is 114 Å². The van der Waals surface area contributed by atoms with Gasteiger partial charge >= 0.3 is 0 Å². The summed E-state index contributed by atoms with van der Waals surface area (Å²) in [5.41, 5.74) is 3.81. The van der Waals surface area contributed by atoms with Gasteiger partial charge in [-0.1, -0.05) is 84.9 Å². The number of carbonyl (C=O) groups is 1. The normalized spacial score (nSPS) is 10.5. The van der Waals surface area contributed by atoms with Crippen LogP contribution in [0.1, 0.15) is 27.0 Å². The van der Waals surface area contributed by atoms with Gasteiger partial charge in [0.2, 0.25) is 0 Å². The van der Waals surface area contributed by atoms with Crippen LogP contribution in [0.15, 0.2) is 114 Å². The van der Waals surface area contributed by atoms with Gasteiger partial charge in [0.25, 0.3) is 5.91 Å². The van der Waals surface area contributed by atoms with E-state index in [4.69, 9.17) is 4.74 Å². The molecule has 0 unspecified atom stereocenters. The molecule has 0 heterocycles. The van der Waals surface area contributed by atoms with Crippen molar-refractivity contribution in [2.24, 2.45) is 0 Å². The van der Waals surface area contributed by atoms with E-state index in [2.05, 4.69) is 15.9 Å². The molecule has 0 radical (unpaired) electrons. The molecule has 0 aliphatic heterocycles.